The normalized spacial score (nSPS) is 18.6. The fourth-order valence-corrected chi connectivity index (χ4v) is 2.11. The highest BCUT2D eigenvalue weighted by molar-refractivity contribution is 6.09. The minimum Gasteiger partial charge on any atom is -0.340 e. The summed E-state index contributed by atoms with van der Waals surface area (Å²) in [6, 6.07) is 6.66. The van der Waals surface area contributed by atoms with Gasteiger partial charge in [0, 0.05) is 0 Å². The molecule has 0 saturated carbocycles. The molecule has 4 heteroatoms. The van der Waals surface area contributed by atoms with Crippen LogP contribution < -0.4 is 10.6 Å². The Kier molecular flexibility index (Phi) is 3.97. The van der Waals surface area contributed by atoms with E-state index in [9.17, 15) is 9.59 Å². The molecule has 0 saturated heterocycles. The molecular formula is C14H18N2O2. The lowest BCUT2D eigenvalue weighted by molar-refractivity contribution is -0.118. The summed E-state index contributed by atoms with van der Waals surface area (Å²) in [5.41, 5.74) is 1.13. The molecule has 0 spiro atoms. The van der Waals surface area contributed by atoms with Gasteiger partial charge in [-0.1, -0.05) is 38.3 Å². The molecule has 0 unspecified atom stereocenters. The van der Waals surface area contributed by atoms with E-state index in [1.165, 1.54) is 0 Å². The van der Waals surface area contributed by atoms with Crippen molar-refractivity contribution in [1.29, 1.82) is 0 Å². The van der Waals surface area contributed by atoms with Gasteiger partial charge in [-0.25, -0.2) is 0 Å². The maximum Gasteiger partial charge on any atom is 0.254 e. The van der Waals surface area contributed by atoms with Gasteiger partial charge in [-0.15, -0.1) is 0 Å². The molecule has 0 radical (unpaired) electrons. The van der Waals surface area contributed by atoms with E-state index >= 15 is 0 Å². The molecule has 0 aliphatic carbocycles. The Morgan fingerprint density at radius 3 is 2.72 bits per heavy atom. The van der Waals surface area contributed by atoms with Gasteiger partial charge in [-0.2, -0.15) is 0 Å². The predicted molar refractivity (Wildman–Crippen MR) is 70.5 cm³/mol. The van der Waals surface area contributed by atoms with Crippen molar-refractivity contribution in [2.75, 3.05) is 5.32 Å². The highest BCUT2D eigenvalue weighted by atomic mass is 16.2. The lowest BCUT2D eigenvalue weighted by atomic mass is 10.1. The molecule has 0 aromatic heterocycles. The summed E-state index contributed by atoms with van der Waals surface area (Å²) in [5.74, 6) is -0.296. The number of carbonyl (C=O) groups is 2. The molecular weight excluding hydrogens is 228 g/mol. The van der Waals surface area contributed by atoms with Crippen LogP contribution in [0.5, 0.6) is 0 Å². The molecule has 1 atom stereocenters. The Bertz CT molecular complexity index is 457. The Morgan fingerprint density at radius 1 is 1.17 bits per heavy atom. The zero-order valence-corrected chi connectivity index (χ0v) is 10.5. The highest BCUT2D eigenvalue weighted by Crippen LogP contribution is 2.19. The first kappa shape index (κ1) is 12.6. The average molecular weight is 246 g/mol. The maximum absolute atomic E-state index is 12.0. The van der Waals surface area contributed by atoms with E-state index in [-0.39, 0.29) is 11.8 Å². The second-order valence-corrected chi connectivity index (χ2v) is 4.56. The van der Waals surface area contributed by atoms with Gasteiger partial charge in [0.1, 0.15) is 6.04 Å². The zero-order valence-electron chi connectivity index (χ0n) is 10.5. The van der Waals surface area contributed by atoms with Crippen molar-refractivity contribution in [3.05, 3.63) is 29.8 Å². The van der Waals surface area contributed by atoms with Gasteiger partial charge in [-0.05, 0) is 18.6 Å². The van der Waals surface area contributed by atoms with Crippen LogP contribution in [-0.4, -0.2) is 17.9 Å². The highest BCUT2D eigenvalue weighted by Gasteiger charge is 2.26. The molecule has 1 aromatic carbocycles. The molecule has 2 N–H and O–H groups in total. The smallest absolute Gasteiger partial charge is 0.254 e. The number of para-hydroxylation sites is 1. The van der Waals surface area contributed by atoms with E-state index in [0.29, 0.717) is 17.7 Å². The number of benzene rings is 1. The van der Waals surface area contributed by atoms with Crippen LogP contribution >= 0.6 is 0 Å². The molecule has 4 nitrogen and oxygen atoms in total. The number of hydrogen-bond donors (Lipinski definition) is 2. The Labute approximate surface area is 107 Å². The number of nitrogens with one attached hydrogen (secondary N) is 2. The molecule has 1 aromatic rings. The summed E-state index contributed by atoms with van der Waals surface area (Å²) in [4.78, 5) is 24.0. The maximum atomic E-state index is 12.0. The summed E-state index contributed by atoms with van der Waals surface area (Å²) < 4.78 is 0. The molecule has 1 aliphatic heterocycles. The summed E-state index contributed by atoms with van der Waals surface area (Å²) in [5, 5.41) is 5.60. The predicted octanol–water partition coefficient (Wildman–Crippen LogP) is 2.32. The number of hydrogen-bond acceptors (Lipinski definition) is 2. The van der Waals surface area contributed by atoms with Gasteiger partial charge < -0.3 is 10.6 Å². The van der Waals surface area contributed by atoms with Gasteiger partial charge in [-0.3, -0.25) is 9.59 Å². The van der Waals surface area contributed by atoms with Crippen molar-refractivity contribution in [1.82, 2.24) is 5.32 Å². The van der Waals surface area contributed by atoms with Crippen LogP contribution in [0.25, 0.3) is 0 Å². The lowest BCUT2D eigenvalue weighted by Crippen LogP contribution is -2.41. The average Bonchev–Trinajstić information content (AvgIpc) is 2.48. The number of amides is 2. The van der Waals surface area contributed by atoms with Crippen molar-refractivity contribution in [2.24, 2.45) is 0 Å². The number of fused-ring (bicyclic) bond motifs is 1. The van der Waals surface area contributed by atoms with E-state index in [0.717, 1.165) is 19.3 Å². The van der Waals surface area contributed by atoms with Crippen molar-refractivity contribution in [3.8, 4) is 0 Å². The first-order valence-corrected chi connectivity index (χ1v) is 6.43. The monoisotopic (exact) mass is 246 g/mol. The number of anilines is 1. The topological polar surface area (TPSA) is 58.2 Å². The van der Waals surface area contributed by atoms with E-state index in [1.54, 1.807) is 18.2 Å². The Morgan fingerprint density at radius 2 is 1.94 bits per heavy atom. The second kappa shape index (κ2) is 5.67. The van der Waals surface area contributed by atoms with Gasteiger partial charge in [0.15, 0.2) is 0 Å². The first-order chi connectivity index (χ1) is 8.72. The summed E-state index contributed by atoms with van der Waals surface area (Å²) in [6.07, 6.45) is 3.82. The van der Waals surface area contributed by atoms with Crippen LogP contribution in [0.3, 0.4) is 0 Å². The molecule has 96 valence electrons. The molecule has 1 heterocycles. The van der Waals surface area contributed by atoms with E-state index in [4.69, 9.17) is 0 Å². The Hall–Kier alpha value is -1.84. The third-order valence-corrected chi connectivity index (χ3v) is 3.15. The van der Waals surface area contributed by atoms with Crippen LogP contribution in [0.15, 0.2) is 24.3 Å². The van der Waals surface area contributed by atoms with Gasteiger partial charge in [0.2, 0.25) is 5.91 Å². The lowest BCUT2D eigenvalue weighted by Gasteiger charge is -2.13. The van der Waals surface area contributed by atoms with E-state index in [2.05, 4.69) is 17.6 Å². The third-order valence-electron chi connectivity index (χ3n) is 3.15. The summed E-state index contributed by atoms with van der Waals surface area (Å²) >= 11 is 0. The standard InChI is InChI=1S/C14H18N2O2/c1-2-3-4-9-12-14(18)15-11-8-6-5-7-10(11)13(17)16-12/h5-8,12H,2-4,9H2,1H3,(H,15,18)(H,16,17)/t12-/m1/s1. The SMILES string of the molecule is CCCCC[C@H]1NC(=O)c2ccccc2NC1=O. The van der Waals surface area contributed by atoms with Crippen LogP contribution in [0.1, 0.15) is 43.0 Å². The molecule has 2 rings (SSSR count). The Balaban J connectivity index is 2.12. The van der Waals surface area contributed by atoms with Crippen molar-refractivity contribution < 1.29 is 9.59 Å². The quantitative estimate of drug-likeness (QED) is 0.801. The van der Waals surface area contributed by atoms with Crippen LogP contribution in [0.2, 0.25) is 0 Å². The first-order valence-electron chi connectivity index (χ1n) is 6.43. The van der Waals surface area contributed by atoms with Crippen molar-refractivity contribution in [2.45, 2.75) is 38.6 Å². The largest absolute Gasteiger partial charge is 0.340 e. The van der Waals surface area contributed by atoms with Gasteiger partial charge in [0.25, 0.3) is 5.91 Å². The third kappa shape index (κ3) is 2.70. The number of rotatable bonds is 4. The summed E-state index contributed by atoms with van der Waals surface area (Å²) in [6.45, 7) is 2.11. The van der Waals surface area contributed by atoms with Crippen molar-refractivity contribution in [3.63, 3.8) is 0 Å². The number of carbonyl (C=O) groups excluding carboxylic acids is 2. The minimum atomic E-state index is -0.420. The van der Waals surface area contributed by atoms with Crippen LogP contribution in [0, 0.1) is 0 Å². The zero-order chi connectivity index (χ0) is 13.0. The van der Waals surface area contributed by atoms with E-state index in [1.807, 2.05) is 6.07 Å². The molecule has 2 amide bonds. The fourth-order valence-electron chi connectivity index (χ4n) is 2.11. The number of unbranched alkanes of at least 4 members (excludes halogenated alkanes) is 2. The molecule has 18 heavy (non-hydrogen) atoms. The van der Waals surface area contributed by atoms with Gasteiger partial charge >= 0.3 is 0 Å². The molecule has 0 fully saturated rings. The van der Waals surface area contributed by atoms with Crippen LogP contribution in [-0.2, 0) is 4.79 Å². The van der Waals surface area contributed by atoms with Crippen LogP contribution in [0.4, 0.5) is 5.69 Å². The van der Waals surface area contributed by atoms with Gasteiger partial charge in [0.05, 0.1) is 11.3 Å². The molecule has 0 bridgehead atoms. The second-order valence-electron chi connectivity index (χ2n) is 4.56. The van der Waals surface area contributed by atoms with Crippen molar-refractivity contribution >= 4 is 17.5 Å². The van der Waals surface area contributed by atoms with E-state index < -0.39 is 6.04 Å². The minimum absolute atomic E-state index is 0.121. The molecule has 1 aliphatic rings. The fraction of sp³-hybridized carbons (Fsp3) is 0.429. The summed E-state index contributed by atoms with van der Waals surface area (Å²) in [7, 11) is 0.